The van der Waals surface area contributed by atoms with Gasteiger partial charge in [-0.1, -0.05) is 6.07 Å². The van der Waals surface area contributed by atoms with Crippen LogP contribution in [0.25, 0.3) is 10.8 Å². The Morgan fingerprint density at radius 3 is 1.80 bits per heavy atom. The van der Waals surface area contributed by atoms with E-state index < -0.39 is 73.2 Å². The van der Waals surface area contributed by atoms with Crippen LogP contribution in [0.5, 0.6) is 5.75 Å². The van der Waals surface area contributed by atoms with Crippen molar-refractivity contribution in [2.75, 3.05) is 46.3 Å². The average Bonchev–Trinajstić information content (AvgIpc) is 2.95. The van der Waals surface area contributed by atoms with Crippen LogP contribution in [0.4, 0.5) is 40.6 Å². The number of hydrogen-bond donors (Lipinski definition) is 9. The van der Waals surface area contributed by atoms with E-state index in [0.29, 0.717) is 0 Å². The van der Waals surface area contributed by atoms with Crippen molar-refractivity contribution < 1.29 is 57.0 Å². The van der Waals surface area contributed by atoms with Crippen LogP contribution in [0.15, 0.2) is 62.5 Å². The summed E-state index contributed by atoms with van der Waals surface area (Å²) in [5.41, 5.74) is 5.18. The highest BCUT2D eigenvalue weighted by Gasteiger charge is 2.20. The molecule has 0 radical (unpaired) electrons. The minimum atomic E-state index is -5.01. The van der Waals surface area contributed by atoms with Gasteiger partial charge in [0.05, 0.1) is 27.5 Å². The SMILES string of the molecule is Nc1ccc2cc(S(=O)(=O)O)cc(O)c2c1N=Nc1ccc(Nc2nc(NCCS(=O)(=O)O)nc(NCCS(=O)(=O)O)n2)cc1S(=O)(=O)O. The molecule has 0 saturated carbocycles. The Labute approximate surface area is 277 Å². The lowest BCUT2D eigenvalue weighted by molar-refractivity contribution is 0.471. The lowest BCUT2D eigenvalue weighted by Crippen LogP contribution is -2.19. The van der Waals surface area contributed by atoms with E-state index in [1.165, 1.54) is 18.2 Å². The molecular weight excluding hydrogens is 739 g/mol. The van der Waals surface area contributed by atoms with Crippen LogP contribution in [-0.2, 0) is 40.5 Å². The number of nitrogens with zero attached hydrogens (tertiary/aromatic N) is 5. The van der Waals surface area contributed by atoms with Gasteiger partial charge in [-0.15, -0.1) is 10.2 Å². The van der Waals surface area contributed by atoms with Gasteiger partial charge in [0.25, 0.3) is 40.5 Å². The first-order chi connectivity index (χ1) is 22.6. The molecule has 0 saturated heterocycles. The summed E-state index contributed by atoms with van der Waals surface area (Å²) in [6.07, 6.45) is 0. The standard InChI is InChI=1S/C23H25N9O13S4/c24-15-3-1-12-9-14(48(40,41)42)11-17(33)19(12)20(15)32-31-16-4-2-13(10-18(16)49(43,44)45)27-23-29-21(25-5-7-46(34,35)36)28-22(30-23)26-6-8-47(37,38)39/h1-4,9-11,33H,5-8,24H2,(H,34,35,36)(H,37,38,39)(H,40,41,42)(H,43,44,45)(H3,25,26,27,28,29,30). The second-order valence-electron chi connectivity index (χ2n) is 9.73. The first-order valence-corrected chi connectivity index (χ1v) is 19.2. The van der Waals surface area contributed by atoms with Crippen LogP contribution in [0.3, 0.4) is 0 Å². The van der Waals surface area contributed by atoms with E-state index >= 15 is 0 Å². The number of benzene rings is 3. The quantitative estimate of drug-likeness (QED) is 0.0499. The van der Waals surface area contributed by atoms with E-state index in [1.807, 2.05) is 0 Å². The number of anilines is 5. The number of rotatable bonds is 14. The zero-order valence-corrected chi connectivity index (χ0v) is 27.6. The van der Waals surface area contributed by atoms with E-state index in [9.17, 15) is 47.9 Å². The minimum absolute atomic E-state index is 0.0707. The molecule has 0 amide bonds. The summed E-state index contributed by atoms with van der Waals surface area (Å²) in [6, 6.07) is 7.61. The van der Waals surface area contributed by atoms with E-state index in [0.717, 1.165) is 24.3 Å². The van der Waals surface area contributed by atoms with Gasteiger partial charge in [0.2, 0.25) is 17.8 Å². The second kappa shape index (κ2) is 14.0. The van der Waals surface area contributed by atoms with E-state index in [2.05, 4.69) is 41.1 Å². The fourth-order valence-electron chi connectivity index (χ4n) is 3.96. The maximum Gasteiger partial charge on any atom is 0.296 e. The zero-order chi connectivity index (χ0) is 36.4. The van der Waals surface area contributed by atoms with E-state index in [4.69, 9.17) is 14.8 Å². The summed E-state index contributed by atoms with van der Waals surface area (Å²) in [5, 5.41) is 25.9. The molecule has 0 bridgehead atoms. The number of phenolic OH excluding ortho intramolecular Hbond substituents is 1. The Balaban J connectivity index is 1.70. The first-order valence-electron chi connectivity index (χ1n) is 13.1. The van der Waals surface area contributed by atoms with Crippen LogP contribution in [0, 0.1) is 0 Å². The number of phenols is 1. The molecule has 0 aliphatic heterocycles. The fourth-order valence-corrected chi connectivity index (χ4v) is 5.86. The highest BCUT2D eigenvalue weighted by molar-refractivity contribution is 7.86. The van der Waals surface area contributed by atoms with Crippen LogP contribution in [0.1, 0.15) is 0 Å². The molecule has 264 valence electrons. The molecule has 26 heteroatoms. The lowest BCUT2D eigenvalue weighted by atomic mass is 10.1. The molecule has 49 heavy (non-hydrogen) atoms. The van der Waals surface area contributed by atoms with Crippen molar-refractivity contribution >= 4 is 91.8 Å². The molecule has 1 aromatic heterocycles. The largest absolute Gasteiger partial charge is 0.507 e. The predicted molar refractivity (Wildman–Crippen MR) is 173 cm³/mol. The Morgan fingerprint density at radius 1 is 0.694 bits per heavy atom. The highest BCUT2D eigenvalue weighted by atomic mass is 32.2. The van der Waals surface area contributed by atoms with Gasteiger partial charge in [-0.25, -0.2) is 0 Å². The Morgan fingerprint density at radius 2 is 1.27 bits per heavy atom. The third-order valence-corrected chi connectivity index (χ3v) is 9.20. The van der Waals surface area contributed by atoms with Gasteiger partial charge in [-0.3, -0.25) is 18.2 Å². The summed E-state index contributed by atoms with van der Waals surface area (Å²) in [7, 11) is -18.4. The van der Waals surface area contributed by atoms with Crippen LogP contribution in [-0.4, -0.2) is 96.5 Å². The van der Waals surface area contributed by atoms with Crippen molar-refractivity contribution in [3.05, 3.63) is 42.5 Å². The lowest BCUT2D eigenvalue weighted by Gasteiger charge is -2.12. The zero-order valence-electron chi connectivity index (χ0n) is 24.3. The van der Waals surface area contributed by atoms with Crippen molar-refractivity contribution in [3.63, 3.8) is 0 Å². The van der Waals surface area contributed by atoms with Crippen LogP contribution < -0.4 is 21.7 Å². The molecule has 10 N–H and O–H groups in total. The maximum atomic E-state index is 12.3. The highest BCUT2D eigenvalue weighted by Crippen LogP contribution is 2.41. The molecule has 1 heterocycles. The smallest absolute Gasteiger partial charge is 0.296 e. The molecule has 3 aromatic carbocycles. The van der Waals surface area contributed by atoms with Crippen molar-refractivity contribution in [1.29, 1.82) is 0 Å². The molecule has 22 nitrogen and oxygen atoms in total. The Bertz CT molecular complexity index is 2350. The number of aromatic nitrogens is 3. The summed E-state index contributed by atoms with van der Waals surface area (Å²) in [6.45, 7) is -0.750. The normalized spacial score (nSPS) is 12.7. The Hall–Kier alpha value is -4.83. The summed E-state index contributed by atoms with van der Waals surface area (Å²) < 4.78 is 129. The summed E-state index contributed by atoms with van der Waals surface area (Å²) in [4.78, 5) is 10.5. The topological polar surface area (TPSA) is 363 Å². The Kier molecular flexibility index (Phi) is 10.5. The van der Waals surface area contributed by atoms with E-state index in [-0.39, 0.29) is 58.8 Å². The molecule has 0 unspecified atom stereocenters. The van der Waals surface area contributed by atoms with Gasteiger partial charge in [0.15, 0.2) is 0 Å². The van der Waals surface area contributed by atoms with Crippen LogP contribution in [0.2, 0.25) is 0 Å². The van der Waals surface area contributed by atoms with Gasteiger partial charge in [-0.2, -0.15) is 48.6 Å². The van der Waals surface area contributed by atoms with Crippen molar-refractivity contribution in [2.24, 2.45) is 10.2 Å². The molecule has 4 rings (SSSR count). The number of nitrogens with two attached hydrogens (primary N) is 1. The van der Waals surface area contributed by atoms with Gasteiger partial charge in [0.1, 0.15) is 22.0 Å². The minimum Gasteiger partial charge on any atom is -0.507 e. The first kappa shape index (κ1) is 37.0. The summed E-state index contributed by atoms with van der Waals surface area (Å²) >= 11 is 0. The van der Waals surface area contributed by atoms with Gasteiger partial charge < -0.3 is 26.8 Å². The molecule has 0 aliphatic carbocycles. The third kappa shape index (κ3) is 10.3. The molecule has 0 aliphatic rings. The number of aromatic hydroxyl groups is 1. The predicted octanol–water partition coefficient (Wildman–Crippen LogP) is 1.56. The number of fused-ring (bicyclic) bond motifs is 1. The summed E-state index contributed by atoms with van der Waals surface area (Å²) in [5.74, 6) is -3.02. The van der Waals surface area contributed by atoms with Gasteiger partial charge in [0, 0.05) is 24.8 Å². The molecule has 0 spiro atoms. The molecule has 4 aromatic rings. The van der Waals surface area contributed by atoms with Crippen molar-refractivity contribution in [1.82, 2.24) is 15.0 Å². The van der Waals surface area contributed by atoms with E-state index in [1.54, 1.807) is 0 Å². The third-order valence-electron chi connectivity index (χ3n) is 6.05. The van der Waals surface area contributed by atoms with Crippen LogP contribution >= 0.6 is 0 Å². The van der Waals surface area contributed by atoms with Gasteiger partial charge >= 0.3 is 0 Å². The number of nitrogen functional groups attached to an aromatic ring is 1. The number of nitrogens with one attached hydrogen (secondary N) is 3. The number of hydrogen-bond acceptors (Lipinski definition) is 18. The monoisotopic (exact) mass is 763 g/mol. The fraction of sp³-hybridized carbons (Fsp3) is 0.174. The van der Waals surface area contributed by atoms with Crippen molar-refractivity contribution in [3.8, 4) is 5.75 Å². The molecule has 0 fully saturated rings. The maximum absolute atomic E-state index is 12.3. The van der Waals surface area contributed by atoms with Gasteiger partial charge in [-0.05, 0) is 35.7 Å². The molecular formula is C23H25N9O13S4. The average molecular weight is 764 g/mol. The second-order valence-corrected chi connectivity index (χ2v) is 15.7. The van der Waals surface area contributed by atoms with Crippen molar-refractivity contribution in [2.45, 2.75) is 9.79 Å². The molecule has 0 atom stereocenters. The number of azo groups is 1.